The molecule has 1 aromatic carbocycles. The van der Waals surface area contributed by atoms with Crippen molar-refractivity contribution in [3.05, 3.63) is 27.7 Å². The normalized spacial score (nSPS) is 11.7. The molecule has 4 nitrogen and oxygen atoms in total. The molecule has 15 heavy (non-hydrogen) atoms. The van der Waals surface area contributed by atoms with Crippen LogP contribution in [0.3, 0.4) is 0 Å². The minimum atomic E-state index is -3.67. The van der Waals surface area contributed by atoms with E-state index in [0.29, 0.717) is 11.0 Å². The maximum atomic E-state index is 11.3. The summed E-state index contributed by atoms with van der Waals surface area (Å²) < 4.78 is 23.1. The molecule has 0 amide bonds. The summed E-state index contributed by atoms with van der Waals surface area (Å²) in [6.45, 7) is 2.44. The first-order chi connectivity index (χ1) is 6.86. The van der Waals surface area contributed by atoms with Crippen molar-refractivity contribution in [1.29, 1.82) is 0 Å². The Morgan fingerprint density at radius 3 is 2.53 bits per heavy atom. The summed E-state index contributed by atoms with van der Waals surface area (Å²) >= 11 is 3.22. The second kappa shape index (κ2) is 4.61. The van der Waals surface area contributed by atoms with Gasteiger partial charge in [0.25, 0.3) is 0 Å². The topological polar surface area (TPSA) is 72.2 Å². The van der Waals surface area contributed by atoms with E-state index in [1.807, 2.05) is 13.0 Å². The van der Waals surface area contributed by atoms with Gasteiger partial charge in [0.1, 0.15) is 0 Å². The number of rotatable bonds is 3. The van der Waals surface area contributed by atoms with Crippen molar-refractivity contribution in [3.8, 4) is 0 Å². The number of nitrogens with two attached hydrogens (primary N) is 1. The standard InChI is InChI=1S/C9H13BrN2O2S/c1-6-3-7(5-12-2)4-8(9(6)10)15(11,13)14/h3-4,12H,5H2,1-2H3,(H2,11,13,14). The zero-order chi connectivity index (χ0) is 11.6. The van der Waals surface area contributed by atoms with Crippen LogP contribution < -0.4 is 10.5 Å². The Morgan fingerprint density at radius 2 is 2.07 bits per heavy atom. The van der Waals surface area contributed by atoms with Gasteiger partial charge in [0, 0.05) is 11.0 Å². The number of sulfonamides is 1. The lowest BCUT2D eigenvalue weighted by Gasteiger charge is -2.09. The molecule has 0 spiro atoms. The first-order valence-electron chi connectivity index (χ1n) is 4.32. The van der Waals surface area contributed by atoms with E-state index in [4.69, 9.17) is 5.14 Å². The number of hydrogen-bond donors (Lipinski definition) is 2. The second-order valence-corrected chi connectivity index (χ2v) is 5.62. The number of primary sulfonamides is 1. The van der Waals surface area contributed by atoms with Crippen LogP contribution in [-0.4, -0.2) is 15.5 Å². The van der Waals surface area contributed by atoms with Crippen molar-refractivity contribution >= 4 is 26.0 Å². The summed E-state index contributed by atoms with van der Waals surface area (Å²) in [6, 6.07) is 3.48. The maximum Gasteiger partial charge on any atom is 0.239 e. The van der Waals surface area contributed by atoms with Crippen molar-refractivity contribution in [1.82, 2.24) is 5.32 Å². The lowest BCUT2D eigenvalue weighted by molar-refractivity contribution is 0.597. The van der Waals surface area contributed by atoms with Gasteiger partial charge in [-0.25, -0.2) is 13.6 Å². The van der Waals surface area contributed by atoms with Gasteiger partial charge in [0.15, 0.2) is 0 Å². The molecule has 6 heteroatoms. The summed E-state index contributed by atoms with van der Waals surface area (Å²) in [5, 5.41) is 8.07. The highest BCUT2D eigenvalue weighted by atomic mass is 79.9. The van der Waals surface area contributed by atoms with Crippen molar-refractivity contribution in [2.45, 2.75) is 18.4 Å². The number of nitrogens with one attached hydrogen (secondary N) is 1. The molecule has 0 saturated heterocycles. The minimum absolute atomic E-state index is 0.132. The van der Waals surface area contributed by atoms with Gasteiger partial charge in [-0.2, -0.15) is 0 Å². The number of aryl methyl sites for hydroxylation is 1. The van der Waals surface area contributed by atoms with E-state index in [1.54, 1.807) is 13.1 Å². The van der Waals surface area contributed by atoms with E-state index in [1.165, 1.54) is 0 Å². The third-order valence-electron chi connectivity index (χ3n) is 1.97. The number of halogens is 1. The van der Waals surface area contributed by atoms with E-state index in [-0.39, 0.29) is 4.90 Å². The van der Waals surface area contributed by atoms with Crippen LogP contribution in [0.25, 0.3) is 0 Å². The molecule has 0 atom stereocenters. The van der Waals surface area contributed by atoms with Gasteiger partial charge < -0.3 is 5.32 Å². The fourth-order valence-electron chi connectivity index (χ4n) is 1.32. The van der Waals surface area contributed by atoms with E-state index >= 15 is 0 Å². The molecular formula is C9H13BrN2O2S. The average Bonchev–Trinajstić information content (AvgIpc) is 2.09. The molecule has 0 heterocycles. The van der Waals surface area contributed by atoms with Gasteiger partial charge >= 0.3 is 0 Å². The average molecular weight is 293 g/mol. The quantitative estimate of drug-likeness (QED) is 0.877. The molecule has 0 bridgehead atoms. The Kier molecular flexibility index (Phi) is 3.88. The molecule has 0 radical (unpaired) electrons. The number of benzene rings is 1. The molecule has 0 aliphatic carbocycles. The van der Waals surface area contributed by atoms with Crippen LogP contribution in [0.2, 0.25) is 0 Å². The smallest absolute Gasteiger partial charge is 0.239 e. The van der Waals surface area contributed by atoms with Gasteiger partial charge in [0.05, 0.1) is 4.90 Å². The molecule has 0 saturated carbocycles. The van der Waals surface area contributed by atoms with Crippen LogP contribution in [0, 0.1) is 6.92 Å². The van der Waals surface area contributed by atoms with Gasteiger partial charge in [-0.05, 0) is 47.1 Å². The van der Waals surface area contributed by atoms with Crippen LogP contribution in [0.15, 0.2) is 21.5 Å². The highest BCUT2D eigenvalue weighted by Crippen LogP contribution is 2.26. The number of hydrogen-bond acceptors (Lipinski definition) is 3. The zero-order valence-corrected chi connectivity index (χ0v) is 10.9. The summed E-state index contributed by atoms with van der Waals surface area (Å²) in [6.07, 6.45) is 0. The van der Waals surface area contributed by atoms with Gasteiger partial charge in [-0.3, -0.25) is 0 Å². The third-order valence-corrected chi connectivity index (χ3v) is 4.22. The van der Waals surface area contributed by atoms with Crippen molar-refractivity contribution in [2.75, 3.05) is 7.05 Å². The Balaban J connectivity index is 3.38. The highest BCUT2D eigenvalue weighted by Gasteiger charge is 2.15. The molecule has 1 rings (SSSR count). The van der Waals surface area contributed by atoms with Crippen LogP contribution in [0.5, 0.6) is 0 Å². The molecule has 1 aromatic rings. The van der Waals surface area contributed by atoms with Gasteiger partial charge in [-0.15, -0.1) is 0 Å². The van der Waals surface area contributed by atoms with Crippen LogP contribution >= 0.6 is 15.9 Å². The van der Waals surface area contributed by atoms with E-state index in [9.17, 15) is 8.42 Å². The zero-order valence-electron chi connectivity index (χ0n) is 8.54. The lowest BCUT2D eigenvalue weighted by Crippen LogP contribution is -2.15. The van der Waals surface area contributed by atoms with Crippen molar-refractivity contribution in [2.24, 2.45) is 5.14 Å². The fraction of sp³-hybridized carbons (Fsp3) is 0.333. The largest absolute Gasteiger partial charge is 0.316 e. The van der Waals surface area contributed by atoms with Crippen LogP contribution in [0.1, 0.15) is 11.1 Å². The van der Waals surface area contributed by atoms with Crippen LogP contribution in [-0.2, 0) is 16.6 Å². The Bertz CT molecular complexity index is 471. The predicted octanol–water partition coefficient (Wildman–Crippen LogP) is 1.12. The first-order valence-corrected chi connectivity index (χ1v) is 6.66. The van der Waals surface area contributed by atoms with Crippen molar-refractivity contribution in [3.63, 3.8) is 0 Å². The maximum absolute atomic E-state index is 11.3. The molecular weight excluding hydrogens is 280 g/mol. The molecule has 0 fully saturated rings. The fourth-order valence-corrected chi connectivity index (χ4v) is 2.95. The molecule has 0 aromatic heterocycles. The predicted molar refractivity (Wildman–Crippen MR) is 63.0 cm³/mol. The summed E-state index contributed by atoms with van der Waals surface area (Å²) in [5.41, 5.74) is 1.74. The Morgan fingerprint density at radius 1 is 1.47 bits per heavy atom. The van der Waals surface area contributed by atoms with E-state index in [2.05, 4.69) is 21.2 Å². The molecule has 3 N–H and O–H groups in total. The molecule has 0 aliphatic heterocycles. The van der Waals surface area contributed by atoms with E-state index in [0.717, 1.165) is 11.1 Å². The van der Waals surface area contributed by atoms with Gasteiger partial charge in [0.2, 0.25) is 10.0 Å². The molecule has 84 valence electrons. The monoisotopic (exact) mass is 292 g/mol. The van der Waals surface area contributed by atoms with E-state index < -0.39 is 10.0 Å². The Hall–Kier alpha value is -0.430. The van der Waals surface area contributed by atoms with Gasteiger partial charge in [-0.1, -0.05) is 6.07 Å². The SMILES string of the molecule is CNCc1cc(C)c(Br)c(S(N)(=O)=O)c1. The minimum Gasteiger partial charge on any atom is -0.316 e. The highest BCUT2D eigenvalue weighted by molar-refractivity contribution is 9.10. The molecule has 0 aliphatic rings. The summed E-state index contributed by atoms with van der Waals surface area (Å²) in [7, 11) is -1.87. The van der Waals surface area contributed by atoms with Crippen LogP contribution in [0.4, 0.5) is 0 Å². The first kappa shape index (κ1) is 12.6. The lowest BCUT2D eigenvalue weighted by atomic mass is 10.1. The molecule has 0 unspecified atom stereocenters. The second-order valence-electron chi connectivity index (χ2n) is 3.30. The summed E-state index contributed by atoms with van der Waals surface area (Å²) in [4.78, 5) is 0.132. The Labute approximate surface area is 98.0 Å². The van der Waals surface area contributed by atoms with Crippen molar-refractivity contribution < 1.29 is 8.42 Å². The third kappa shape index (κ3) is 3.01. The summed E-state index contributed by atoms with van der Waals surface area (Å²) in [5.74, 6) is 0.